The Bertz CT molecular complexity index is 1430. The predicted octanol–water partition coefficient (Wildman–Crippen LogP) is 7.93. The summed E-state index contributed by atoms with van der Waals surface area (Å²) in [5, 5.41) is 0.670. The topological polar surface area (TPSA) is 47.7 Å². The zero-order chi connectivity index (χ0) is 26.9. The summed E-state index contributed by atoms with van der Waals surface area (Å²) in [5.41, 5.74) is 4.57. The van der Waals surface area contributed by atoms with Gasteiger partial charge in [0.05, 0.1) is 18.8 Å². The van der Waals surface area contributed by atoms with Crippen molar-refractivity contribution in [3.8, 4) is 22.6 Å². The largest absolute Gasteiger partial charge is 0.493 e. The molecule has 0 bridgehead atoms. The SMILES string of the molecule is CCOc1cc(CN2CC[C@H]3C(Cc4nc5ccc(Cl)cc5o4)CC[C@H]32)cc(OCC)c1-c1ccc(F)cc1. The molecule has 1 aliphatic carbocycles. The third-order valence-corrected chi connectivity index (χ3v) is 8.46. The van der Waals surface area contributed by atoms with E-state index in [9.17, 15) is 4.39 Å². The fourth-order valence-electron chi connectivity index (χ4n) is 6.61. The smallest absolute Gasteiger partial charge is 0.195 e. The molecule has 0 radical (unpaired) electrons. The van der Waals surface area contributed by atoms with E-state index >= 15 is 0 Å². The minimum atomic E-state index is -0.259. The molecule has 0 amide bonds. The van der Waals surface area contributed by atoms with Crippen LogP contribution in [0.25, 0.3) is 22.2 Å². The number of aromatic nitrogens is 1. The van der Waals surface area contributed by atoms with Crippen LogP contribution in [-0.4, -0.2) is 35.7 Å². The lowest BCUT2D eigenvalue weighted by Gasteiger charge is -2.25. The standard InChI is InChI=1S/C32H34ClFN2O3/c1-3-37-29-15-20(16-30(38-4-2)32(29)21-5-9-24(34)10-6-21)19-36-14-13-25-22(7-12-27(25)36)17-31-35-26-11-8-23(33)18-28(26)39-31/h5-6,8-11,15-16,18,22,25,27H,3-4,7,12-14,17,19H2,1-2H3/t22?,25-,27+/m0/s1. The summed E-state index contributed by atoms with van der Waals surface area (Å²) in [7, 11) is 0. The lowest BCUT2D eigenvalue weighted by Crippen LogP contribution is -2.30. The Morgan fingerprint density at radius 1 is 0.974 bits per heavy atom. The van der Waals surface area contributed by atoms with E-state index in [4.69, 9.17) is 30.5 Å². The van der Waals surface area contributed by atoms with Crippen molar-refractivity contribution < 1.29 is 18.3 Å². The molecule has 7 heteroatoms. The van der Waals surface area contributed by atoms with Gasteiger partial charge in [-0.3, -0.25) is 4.90 Å². The van der Waals surface area contributed by atoms with Gasteiger partial charge in [0.25, 0.3) is 0 Å². The summed E-state index contributed by atoms with van der Waals surface area (Å²) in [6.07, 6.45) is 4.43. The minimum absolute atomic E-state index is 0.259. The number of nitrogens with zero attached hydrogens (tertiary/aromatic N) is 2. The summed E-state index contributed by atoms with van der Waals surface area (Å²) in [6.45, 7) is 6.97. The van der Waals surface area contributed by atoms with Gasteiger partial charge in [-0.25, -0.2) is 9.37 Å². The highest BCUT2D eigenvalue weighted by molar-refractivity contribution is 6.31. The first-order valence-electron chi connectivity index (χ1n) is 14.0. The first-order chi connectivity index (χ1) is 19.0. The lowest BCUT2D eigenvalue weighted by atomic mass is 9.90. The zero-order valence-electron chi connectivity index (χ0n) is 22.5. The molecule has 3 atom stereocenters. The van der Waals surface area contributed by atoms with Crippen LogP contribution in [0, 0.1) is 17.7 Å². The average molecular weight is 549 g/mol. The molecule has 4 aromatic rings. The van der Waals surface area contributed by atoms with E-state index in [1.807, 2.05) is 32.0 Å². The van der Waals surface area contributed by atoms with Gasteiger partial charge in [0, 0.05) is 30.1 Å². The number of hydrogen-bond donors (Lipinski definition) is 0. The van der Waals surface area contributed by atoms with Gasteiger partial charge in [-0.2, -0.15) is 0 Å². The van der Waals surface area contributed by atoms with E-state index in [0.717, 1.165) is 59.1 Å². The second-order valence-corrected chi connectivity index (χ2v) is 11.0. The summed E-state index contributed by atoms with van der Waals surface area (Å²) in [5.74, 6) is 3.32. The van der Waals surface area contributed by atoms with Crippen molar-refractivity contribution in [1.82, 2.24) is 9.88 Å². The normalized spacial score (nSPS) is 21.0. The lowest BCUT2D eigenvalue weighted by molar-refractivity contribution is 0.224. The van der Waals surface area contributed by atoms with Gasteiger partial charge in [0.2, 0.25) is 0 Å². The van der Waals surface area contributed by atoms with E-state index in [1.54, 1.807) is 12.1 Å². The van der Waals surface area contributed by atoms with E-state index < -0.39 is 0 Å². The number of oxazole rings is 1. The highest BCUT2D eigenvalue weighted by Gasteiger charge is 2.44. The van der Waals surface area contributed by atoms with Crippen molar-refractivity contribution in [2.45, 2.75) is 52.1 Å². The van der Waals surface area contributed by atoms with Gasteiger partial charge < -0.3 is 13.9 Å². The van der Waals surface area contributed by atoms with E-state index in [2.05, 4.69) is 17.0 Å². The van der Waals surface area contributed by atoms with Crippen LogP contribution < -0.4 is 9.47 Å². The van der Waals surface area contributed by atoms with Crippen LogP contribution in [0.1, 0.15) is 44.6 Å². The second-order valence-electron chi connectivity index (χ2n) is 10.6. The molecule has 1 saturated heterocycles. The Labute approximate surface area is 233 Å². The third kappa shape index (κ3) is 5.37. The molecule has 3 aromatic carbocycles. The molecule has 0 N–H and O–H groups in total. The number of ether oxygens (including phenoxy) is 2. The molecule has 1 aliphatic heterocycles. The molecule has 204 valence electrons. The number of rotatable bonds is 9. The Morgan fingerprint density at radius 2 is 1.72 bits per heavy atom. The van der Waals surface area contributed by atoms with E-state index in [-0.39, 0.29) is 5.82 Å². The van der Waals surface area contributed by atoms with Crippen LogP contribution in [0.15, 0.2) is 59.0 Å². The number of likely N-dealkylation sites (tertiary alicyclic amines) is 1. The number of benzene rings is 3. The fraction of sp³-hybridized carbons (Fsp3) is 0.406. The molecular weight excluding hydrogens is 515 g/mol. The second kappa shape index (κ2) is 11.2. The number of fused-ring (bicyclic) bond motifs is 2. The molecule has 2 fully saturated rings. The zero-order valence-corrected chi connectivity index (χ0v) is 23.2. The molecule has 39 heavy (non-hydrogen) atoms. The summed E-state index contributed by atoms with van der Waals surface area (Å²) < 4.78 is 31.9. The monoisotopic (exact) mass is 548 g/mol. The van der Waals surface area contributed by atoms with Crippen LogP contribution >= 0.6 is 11.6 Å². The first kappa shape index (κ1) is 26.1. The molecule has 1 unspecified atom stereocenters. The third-order valence-electron chi connectivity index (χ3n) is 8.23. The quantitative estimate of drug-likeness (QED) is 0.212. The first-order valence-corrected chi connectivity index (χ1v) is 14.4. The van der Waals surface area contributed by atoms with Crippen molar-refractivity contribution in [3.63, 3.8) is 0 Å². The van der Waals surface area contributed by atoms with Crippen LogP contribution in [0.3, 0.4) is 0 Å². The van der Waals surface area contributed by atoms with Gasteiger partial charge in [-0.1, -0.05) is 23.7 Å². The van der Waals surface area contributed by atoms with Crippen molar-refractivity contribution in [3.05, 3.63) is 76.9 Å². The van der Waals surface area contributed by atoms with Gasteiger partial charge in [0.1, 0.15) is 22.8 Å². The maximum atomic E-state index is 13.6. The van der Waals surface area contributed by atoms with Crippen LogP contribution in [0.5, 0.6) is 11.5 Å². The predicted molar refractivity (Wildman–Crippen MR) is 152 cm³/mol. The van der Waals surface area contributed by atoms with Crippen LogP contribution in [-0.2, 0) is 13.0 Å². The fourth-order valence-corrected chi connectivity index (χ4v) is 6.77. The minimum Gasteiger partial charge on any atom is -0.493 e. The molecule has 2 aliphatic rings. The Balaban J connectivity index is 1.20. The highest BCUT2D eigenvalue weighted by Crippen LogP contribution is 2.45. The Kier molecular flexibility index (Phi) is 7.50. The van der Waals surface area contributed by atoms with Crippen molar-refractivity contribution >= 4 is 22.7 Å². The molecule has 2 heterocycles. The maximum absolute atomic E-state index is 13.6. The van der Waals surface area contributed by atoms with Gasteiger partial charge in [-0.05, 0) is 99.0 Å². The molecule has 1 aromatic heterocycles. The van der Waals surface area contributed by atoms with Crippen molar-refractivity contribution in [1.29, 1.82) is 0 Å². The van der Waals surface area contributed by atoms with Crippen LogP contribution in [0.2, 0.25) is 5.02 Å². The van der Waals surface area contributed by atoms with E-state index in [1.165, 1.54) is 37.0 Å². The Hall–Kier alpha value is -3.09. The van der Waals surface area contributed by atoms with Gasteiger partial charge in [-0.15, -0.1) is 0 Å². The number of hydrogen-bond acceptors (Lipinski definition) is 5. The molecule has 6 rings (SSSR count). The molecule has 1 saturated carbocycles. The molecule has 5 nitrogen and oxygen atoms in total. The molecular formula is C32H34ClFN2O3. The Morgan fingerprint density at radius 3 is 2.44 bits per heavy atom. The van der Waals surface area contributed by atoms with Gasteiger partial charge >= 0.3 is 0 Å². The van der Waals surface area contributed by atoms with Gasteiger partial charge in [0.15, 0.2) is 11.5 Å². The molecule has 0 spiro atoms. The summed E-state index contributed by atoms with van der Waals surface area (Å²) in [6, 6.07) is 17.0. The van der Waals surface area contributed by atoms with Crippen molar-refractivity contribution in [2.24, 2.45) is 11.8 Å². The summed E-state index contributed by atoms with van der Waals surface area (Å²) >= 11 is 6.13. The maximum Gasteiger partial charge on any atom is 0.195 e. The van der Waals surface area contributed by atoms with Crippen molar-refractivity contribution in [2.75, 3.05) is 19.8 Å². The average Bonchev–Trinajstić information content (AvgIpc) is 3.62. The van der Waals surface area contributed by atoms with Crippen LogP contribution in [0.4, 0.5) is 4.39 Å². The highest BCUT2D eigenvalue weighted by atomic mass is 35.5. The number of halogens is 2. The van der Waals surface area contributed by atoms with E-state index in [0.29, 0.717) is 36.1 Å². The summed E-state index contributed by atoms with van der Waals surface area (Å²) in [4.78, 5) is 7.34.